The van der Waals surface area contributed by atoms with Gasteiger partial charge in [-0.2, -0.15) is 5.26 Å². The maximum Gasteiger partial charge on any atom is 0.159 e. The largest absolute Gasteiger partial charge is 0.395 e. The molecular formula is C25H27Cl2N7O. The van der Waals surface area contributed by atoms with Gasteiger partial charge in [0.1, 0.15) is 12.0 Å². The van der Waals surface area contributed by atoms with Gasteiger partial charge >= 0.3 is 0 Å². The zero-order valence-corrected chi connectivity index (χ0v) is 20.9. The molecular weight excluding hydrogens is 485 g/mol. The first kappa shape index (κ1) is 25.0. The van der Waals surface area contributed by atoms with Gasteiger partial charge < -0.3 is 21.1 Å². The van der Waals surface area contributed by atoms with E-state index in [1.807, 2.05) is 25.1 Å². The number of hydrogen-bond donors (Lipinski definition) is 3. The lowest BCUT2D eigenvalue weighted by atomic mass is 9.91. The lowest BCUT2D eigenvalue weighted by Gasteiger charge is -2.35. The van der Waals surface area contributed by atoms with Crippen molar-refractivity contribution in [2.75, 3.05) is 55.3 Å². The van der Waals surface area contributed by atoms with E-state index in [4.69, 9.17) is 34.0 Å². The summed E-state index contributed by atoms with van der Waals surface area (Å²) < 4.78 is 0. The number of nitrogens with one attached hydrogen (secondary N) is 1. The molecule has 1 atom stereocenters. The van der Waals surface area contributed by atoms with Gasteiger partial charge in [-0.3, -0.25) is 4.90 Å². The lowest BCUT2D eigenvalue weighted by Crippen LogP contribution is -2.47. The number of nitrogens with two attached hydrogens (primary N) is 1. The standard InChI is InChI=1S/C25H27Cl2N7O/c1-16-12-19(20(14-28)17-2-4-18(26)5-3-17)21(27)13-22(16)32-24-23(29)25(31-15-30-24)34-8-6-33(7-9-34)10-11-35/h2-5,12-13,15,20,35H,6-11,29H2,1H3,(H,30,31,32). The number of piperazine rings is 1. The summed E-state index contributed by atoms with van der Waals surface area (Å²) in [6.07, 6.45) is 1.49. The number of aromatic nitrogens is 2. The molecule has 1 aliphatic rings. The number of nitrogens with zero attached hydrogens (tertiary/aromatic N) is 5. The van der Waals surface area contributed by atoms with Crippen LogP contribution in [-0.4, -0.2) is 59.3 Å². The first-order valence-corrected chi connectivity index (χ1v) is 12.1. The average molecular weight is 512 g/mol. The fourth-order valence-corrected chi connectivity index (χ4v) is 4.63. The van der Waals surface area contributed by atoms with Crippen molar-refractivity contribution in [2.24, 2.45) is 0 Å². The van der Waals surface area contributed by atoms with Crippen LogP contribution in [0.1, 0.15) is 22.6 Å². The number of benzene rings is 2. The highest BCUT2D eigenvalue weighted by Crippen LogP contribution is 2.36. The van der Waals surface area contributed by atoms with Crippen LogP contribution in [0.15, 0.2) is 42.7 Å². The number of β-amino-alcohol motifs (C(OH)–C–C–N with tert-alkyl or cyclic N) is 1. The van der Waals surface area contributed by atoms with Crippen LogP contribution >= 0.6 is 23.2 Å². The van der Waals surface area contributed by atoms with Gasteiger partial charge in [0.05, 0.1) is 18.6 Å². The Balaban J connectivity index is 1.56. The smallest absolute Gasteiger partial charge is 0.159 e. The Morgan fingerprint density at radius 2 is 1.86 bits per heavy atom. The summed E-state index contributed by atoms with van der Waals surface area (Å²) in [6, 6.07) is 13.2. The molecule has 1 aliphatic heterocycles. The zero-order valence-electron chi connectivity index (χ0n) is 19.4. The first-order valence-electron chi connectivity index (χ1n) is 11.3. The predicted octanol–water partition coefficient (Wildman–Crippen LogP) is 4.19. The topological polar surface area (TPSA) is 114 Å². The Morgan fingerprint density at radius 3 is 2.51 bits per heavy atom. The van der Waals surface area contributed by atoms with Gasteiger partial charge in [0.25, 0.3) is 0 Å². The molecule has 0 bridgehead atoms. The minimum atomic E-state index is -0.521. The first-order chi connectivity index (χ1) is 16.9. The third kappa shape index (κ3) is 5.60. The Hall–Kier alpha value is -3.09. The number of aliphatic hydroxyl groups is 1. The van der Waals surface area contributed by atoms with E-state index in [0.717, 1.165) is 48.6 Å². The van der Waals surface area contributed by atoms with Gasteiger partial charge in [-0.05, 0) is 41.8 Å². The molecule has 0 radical (unpaired) electrons. The molecule has 4 rings (SSSR count). The van der Waals surface area contributed by atoms with Crippen molar-refractivity contribution in [3.05, 3.63) is 69.5 Å². The third-order valence-electron chi connectivity index (χ3n) is 6.19. The van der Waals surface area contributed by atoms with Crippen molar-refractivity contribution < 1.29 is 5.11 Å². The summed E-state index contributed by atoms with van der Waals surface area (Å²) in [7, 11) is 0. The van der Waals surface area contributed by atoms with E-state index < -0.39 is 5.92 Å². The summed E-state index contributed by atoms with van der Waals surface area (Å²) in [4.78, 5) is 13.1. The summed E-state index contributed by atoms with van der Waals surface area (Å²) >= 11 is 12.6. The Kier molecular flexibility index (Phi) is 7.93. The molecule has 0 amide bonds. The second-order valence-corrected chi connectivity index (χ2v) is 9.28. The minimum Gasteiger partial charge on any atom is -0.395 e. The van der Waals surface area contributed by atoms with Gasteiger partial charge in [0.2, 0.25) is 0 Å². The summed E-state index contributed by atoms with van der Waals surface area (Å²) in [6.45, 7) is 5.95. The highest BCUT2D eigenvalue weighted by molar-refractivity contribution is 6.32. The number of halogens is 2. The van der Waals surface area contributed by atoms with Crippen molar-refractivity contribution in [3.63, 3.8) is 0 Å². The average Bonchev–Trinajstić information content (AvgIpc) is 2.85. The van der Waals surface area contributed by atoms with E-state index in [1.54, 1.807) is 18.2 Å². The van der Waals surface area contributed by atoms with Crippen molar-refractivity contribution in [1.29, 1.82) is 5.26 Å². The van der Waals surface area contributed by atoms with Gasteiger partial charge in [0.15, 0.2) is 11.6 Å². The molecule has 0 spiro atoms. The molecule has 1 fully saturated rings. The van der Waals surface area contributed by atoms with Crippen molar-refractivity contribution in [2.45, 2.75) is 12.8 Å². The Bertz CT molecular complexity index is 1220. The molecule has 0 aliphatic carbocycles. The Labute approximate surface area is 214 Å². The molecule has 8 nitrogen and oxygen atoms in total. The van der Waals surface area contributed by atoms with Gasteiger partial charge in [-0.15, -0.1) is 0 Å². The van der Waals surface area contributed by atoms with Crippen LogP contribution in [0.25, 0.3) is 0 Å². The SMILES string of the molecule is Cc1cc(C(C#N)c2ccc(Cl)cc2)c(Cl)cc1Nc1ncnc(N2CCN(CCO)CC2)c1N. The molecule has 4 N–H and O–H groups in total. The lowest BCUT2D eigenvalue weighted by molar-refractivity contribution is 0.188. The van der Waals surface area contributed by atoms with Gasteiger partial charge in [-0.1, -0.05) is 41.4 Å². The highest BCUT2D eigenvalue weighted by Gasteiger charge is 2.22. The van der Waals surface area contributed by atoms with Crippen molar-refractivity contribution in [1.82, 2.24) is 14.9 Å². The molecule has 182 valence electrons. The van der Waals surface area contributed by atoms with Crippen LogP contribution in [-0.2, 0) is 0 Å². The number of aryl methyl sites for hydroxylation is 1. The van der Waals surface area contributed by atoms with E-state index in [1.165, 1.54) is 6.33 Å². The fraction of sp³-hybridized carbons (Fsp3) is 0.320. The Morgan fingerprint density at radius 1 is 1.14 bits per heavy atom. The van der Waals surface area contributed by atoms with Gasteiger partial charge in [0, 0.05) is 48.5 Å². The molecule has 35 heavy (non-hydrogen) atoms. The number of nitrogen functional groups attached to an aromatic ring is 1. The number of nitriles is 1. The van der Waals surface area contributed by atoms with Crippen molar-refractivity contribution in [3.8, 4) is 6.07 Å². The highest BCUT2D eigenvalue weighted by atomic mass is 35.5. The van der Waals surface area contributed by atoms with Crippen LogP contribution in [0.5, 0.6) is 0 Å². The molecule has 0 saturated carbocycles. The molecule has 3 aromatic rings. The van der Waals surface area contributed by atoms with E-state index in [9.17, 15) is 5.26 Å². The van der Waals surface area contributed by atoms with E-state index in [2.05, 4.69) is 31.2 Å². The summed E-state index contributed by atoms with van der Waals surface area (Å²) in [5.41, 5.74) is 10.1. The van der Waals surface area contributed by atoms with E-state index >= 15 is 0 Å². The van der Waals surface area contributed by atoms with E-state index in [-0.39, 0.29) is 6.61 Å². The quantitative estimate of drug-likeness (QED) is 0.432. The summed E-state index contributed by atoms with van der Waals surface area (Å²) in [5.74, 6) is 0.653. The molecule has 1 saturated heterocycles. The maximum absolute atomic E-state index is 9.85. The monoisotopic (exact) mass is 511 g/mol. The van der Waals surface area contributed by atoms with E-state index in [0.29, 0.717) is 33.9 Å². The van der Waals surface area contributed by atoms with Crippen LogP contribution in [0, 0.1) is 18.3 Å². The van der Waals surface area contributed by atoms with Crippen LogP contribution < -0.4 is 16.0 Å². The number of aliphatic hydroxyl groups excluding tert-OH is 1. The zero-order chi connectivity index (χ0) is 24.9. The number of rotatable bonds is 7. The van der Waals surface area contributed by atoms with Crippen LogP contribution in [0.4, 0.5) is 23.0 Å². The molecule has 1 unspecified atom stereocenters. The second kappa shape index (κ2) is 11.1. The third-order valence-corrected chi connectivity index (χ3v) is 6.77. The van der Waals surface area contributed by atoms with Crippen LogP contribution in [0.2, 0.25) is 10.0 Å². The predicted molar refractivity (Wildman–Crippen MR) is 141 cm³/mol. The summed E-state index contributed by atoms with van der Waals surface area (Å²) in [5, 5.41) is 23.4. The van der Waals surface area contributed by atoms with Crippen LogP contribution in [0.3, 0.4) is 0 Å². The normalized spacial score (nSPS) is 15.0. The fourth-order valence-electron chi connectivity index (χ4n) is 4.23. The molecule has 10 heteroatoms. The molecule has 2 heterocycles. The maximum atomic E-state index is 9.85. The number of hydrogen-bond acceptors (Lipinski definition) is 8. The second-order valence-electron chi connectivity index (χ2n) is 8.44. The van der Waals surface area contributed by atoms with Crippen molar-refractivity contribution >= 4 is 46.2 Å². The molecule has 2 aromatic carbocycles. The molecule has 1 aromatic heterocycles. The van der Waals surface area contributed by atoms with Gasteiger partial charge in [-0.25, -0.2) is 9.97 Å². The number of anilines is 4. The minimum absolute atomic E-state index is 0.152.